The highest BCUT2D eigenvalue weighted by atomic mass is 28.4. The van der Waals surface area contributed by atoms with Gasteiger partial charge in [0.1, 0.15) is 0 Å². The number of hydrogen-bond acceptors (Lipinski definition) is 2. The van der Waals surface area contributed by atoms with Crippen molar-refractivity contribution in [2.45, 2.75) is 45.8 Å². The van der Waals surface area contributed by atoms with E-state index in [9.17, 15) is 4.79 Å². The van der Waals surface area contributed by atoms with Gasteiger partial charge in [0, 0.05) is 18.4 Å². The van der Waals surface area contributed by atoms with Gasteiger partial charge in [-0.05, 0) is 33.0 Å². The van der Waals surface area contributed by atoms with Crippen LogP contribution in [0.5, 0.6) is 0 Å². The van der Waals surface area contributed by atoms with Crippen molar-refractivity contribution < 1.29 is 9.22 Å². The van der Waals surface area contributed by atoms with Gasteiger partial charge in [0.05, 0.1) is 5.76 Å². The molecule has 0 bridgehead atoms. The zero-order valence-corrected chi connectivity index (χ0v) is 9.94. The van der Waals surface area contributed by atoms with Gasteiger partial charge in [-0.3, -0.25) is 4.79 Å². The summed E-state index contributed by atoms with van der Waals surface area (Å²) in [6, 6.07) is 0. The first-order valence-electron chi connectivity index (χ1n) is 4.82. The summed E-state index contributed by atoms with van der Waals surface area (Å²) in [6.07, 6.45) is 2.60. The molecule has 74 valence electrons. The SMILES string of the molecule is CC1=C(O[Si](C)(C)C)CCCC1=O. The van der Waals surface area contributed by atoms with Gasteiger partial charge >= 0.3 is 0 Å². The highest BCUT2D eigenvalue weighted by Crippen LogP contribution is 2.25. The summed E-state index contributed by atoms with van der Waals surface area (Å²) in [5.74, 6) is 1.22. The minimum atomic E-state index is -1.53. The van der Waals surface area contributed by atoms with Crippen molar-refractivity contribution in [2.75, 3.05) is 0 Å². The number of carbonyl (C=O) groups excluding carboxylic acids is 1. The molecule has 0 N–H and O–H groups in total. The smallest absolute Gasteiger partial charge is 0.241 e. The van der Waals surface area contributed by atoms with Gasteiger partial charge in [0.2, 0.25) is 8.32 Å². The predicted octanol–water partition coefficient (Wildman–Crippen LogP) is 2.86. The molecular weight excluding hydrogens is 180 g/mol. The molecule has 0 aliphatic heterocycles. The second kappa shape index (κ2) is 3.66. The number of ketones is 1. The molecule has 0 heterocycles. The lowest BCUT2D eigenvalue weighted by molar-refractivity contribution is -0.116. The molecule has 3 heteroatoms. The number of Topliss-reactive ketones (excluding diaryl/α,β-unsaturated/α-hetero) is 1. The molecular formula is C10H18O2Si. The fourth-order valence-corrected chi connectivity index (χ4v) is 2.43. The molecule has 0 radical (unpaired) electrons. The van der Waals surface area contributed by atoms with E-state index in [2.05, 4.69) is 19.6 Å². The van der Waals surface area contributed by atoms with Crippen LogP contribution in [-0.4, -0.2) is 14.1 Å². The topological polar surface area (TPSA) is 26.3 Å². The Morgan fingerprint density at radius 1 is 1.23 bits per heavy atom. The molecule has 0 aromatic rings. The summed E-state index contributed by atoms with van der Waals surface area (Å²) in [4.78, 5) is 11.4. The Morgan fingerprint density at radius 2 is 1.85 bits per heavy atom. The van der Waals surface area contributed by atoms with Crippen LogP contribution in [0.2, 0.25) is 19.6 Å². The number of rotatable bonds is 2. The first-order chi connectivity index (χ1) is 5.90. The number of carbonyl (C=O) groups is 1. The standard InChI is InChI=1S/C10H18O2Si/c1-8-9(11)6-5-7-10(8)12-13(2,3)4/h5-7H2,1-4H3. The van der Waals surface area contributed by atoms with E-state index < -0.39 is 8.32 Å². The number of hydrogen-bond donors (Lipinski definition) is 0. The molecule has 0 spiro atoms. The maximum absolute atomic E-state index is 11.4. The van der Waals surface area contributed by atoms with Crippen molar-refractivity contribution in [1.29, 1.82) is 0 Å². The van der Waals surface area contributed by atoms with Gasteiger partial charge in [0.15, 0.2) is 5.78 Å². The molecule has 1 rings (SSSR count). The van der Waals surface area contributed by atoms with Gasteiger partial charge in [-0.2, -0.15) is 0 Å². The van der Waals surface area contributed by atoms with Crippen molar-refractivity contribution in [1.82, 2.24) is 0 Å². The van der Waals surface area contributed by atoms with E-state index in [-0.39, 0.29) is 5.78 Å². The van der Waals surface area contributed by atoms with Gasteiger partial charge < -0.3 is 4.43 Å². The van der Waals surface area contributed by atoms with Crippen molar-refractivity contribution in [2.24, 2.45) is 0 Å². The summed E-state index contributed by atoms with van der Waals surface area (Å²) >= 11 is 0. The maximum Gasteiger partial charge on any atom is 0.241 e. The number of allylic oxidation sites excluding steroid dienone is 2. The molecule has 2 nitrogen and oxygen atoms in total. The van der Waals surface area contributed by atoms with Crippen molar-refractivity contribution in [3.05, 3.63) is 11.3 Å². The minimum absolute atomic E-state index is 0.263. The van der Waals surface area contributed by atoms with Crippen LogP contribution in [0.1, 0.15) is 26.2 Å². The van der Waals surface area contributed by atoms with Gasteiger partial charge in [-0.15, -0.1) is 0 Å². The summed E-state index contributed by atoms with van der Waals surface area (Å²) < 4.78 is 5.86. The molecule has 0 atom stereocenters. The third-order valence-electron chi connectivity index (χ3n) is 2.07. The van der Waals surface area contributed by atoms with Crippen LogP contribution in [0.3, 0.4) is 0 Å². The molecule has 1 aliphatic carbocycles. The van der Waals surface area contributed by atoms with E-state index in [1.54, 1.807) is 0 Å². The lowest BCUT2D eigenvalue weighted by Gasteiger charge is -2.25. The van der Waals surface area contributed by atoms with Crippen molar-refractivity contribution >= 4 is 14.1 Å². The van der Waals surface area contributed by atoms with Crippen LogP contribution < -0.4 is 0 Å². The van der Waals surface area contributed by atoms with E-state index >= 15 is 0 Å². The molecule has 0 saturated heterocycles. The highest BCUT2D eigenvalue weighted by molar-refractivity contribution is 6.70. The van der Waals surface area contributed by atoms with Crippen LogP contribution >= 0.6 is 0 Å². The largest absolute Gasteiger partial charge is 0.547 e. The Bertz CT molecular complexity index is 248. The van der Waals surface area contributed by atoms with Crippen LogP contribution in [0.4, 0.5) is 0 Å². The molecule has 0 amide bonds. The Morgan fingerprint density at radius 3 is 2.38 bits per heavy atom. The Labute approximate surface area is 81.1 Å². The molecule has 0 aromatic carbocycles. The zero-order chi connectivity index (χ0) is 10.1. The van der Waals surface area contributed by atoms with E-state index in [1.807, 2.05) is 6.92 Å². The van der Waals surface area contributed by atoms with Crippen molar-refractivity contribution in [3.8, 4) is 0 Å². The molecule has 13 heavy (non-hydrogen) atoms. The van der Waals surface area contributed by atoms with Crippen LogP contribution in [0.15, 0.2) is 11.3 Å². The Hall–Kier alpha value is -0.573. The normalized spacial score (nSPS) is 19.2. The second-order valence-electron chi connectivity index (χ2n) is 4.54. The Kier molecular flexibility index (Phi) is 2.96. The third kappa shape index (κ3) is 2.99. The zero-order valence-electron chi connectivity index (χ0n) is 8.94. The van der Waals surface area contributed by atoms with Gasteiger partial charge in [-0.25, -0.2) is 0 Å². The summed E-state index contributed by atoms with van der Waals surface area (Å²) in [6.45, 7) is 8.32. The van der Waals surface area contributed by atoms with Crippen LogP contribution in [-0.2, 0) is 9.22 Å². The molecule has 1 aliphatic rings. The Balaban J connectivity index is 2.78. The summed E-state index contributed by atoms with van der Waals surface area (Å²) in [5.41, 5.74) is 0.855. The minimum Gasteiger partial charge on any atom is -0.547 e. The molecule has 0 saturated carbocycles. The lowest BCUT2D eigenvalue weighted by atomic mass is 9.98. The van der Waals surface area contributed by atoms with E-state index in [1.165, 1.54) is 0 Å². The quantitative estimate of drug-likeness (QED) is 0.638. The van der Waals surface area contributed by atoms with Gasteiger partial charge in [0.25, 0.3) is 0 Å². The molecule has 0 unspecified atom stereocenters. The molecule has 0 fully saturated rings. The fourth-order valence-electron chi connectivity index (χ4n) is 1.44. The van der Waals surface area contributed by atoms with E-state index in [4.69, 9.17) is 4.43 Å². The monoisotopic (exact) mass is 198 g/mol. The fraction of sp³-hybridized carbons (Fsp3) is 0.700. The van der Waals surface area contributed by atoms with Crippen molar-refractivity contribution in [3.63, 3.8) is 0 Å². The van der Waals surface area contributed by atoms with E-state index in [0.29, 0.717) is 6.42 Å². The second-order valence-corrected chi connectivity index (χ2v) is 8.97. The highest BCUT2D eigenvalue weighted by Gasteiger charge is 2.23. The first-order valence-corrected chi connectivity index (χ1v) is 8.23. The van der Waals surface area contributed by atoms with Crippen LogP contribution in [0.25, 0.3) is 0 Å². The maximum atomic E-state index is 11.4. The first kappa shape index (κ1) is 10.5. The van der Waals surface area contributed by atoms with E-state index in [0.717, 1.165) is 24.2 Å². The summed E-state index contributed by atoms with van der Waals surface area (Å²) in [5, 5.41) is 0. The third-order valence-corrected chi connectivity index (χ3v) is 2.93. The lowest BCUT2D eigenvalue weighted by Crippen LogP contribution is -2.27. The molecule has 0 aromatic heterocycles. The average Bonchev–Trinajstić information content (AvgIpc) is 1.96. The van der Waals surface area contributed by atoms with Gasteiger partial charge in [-0.1, -0.05) is 0 Å². The predicted molar refractivity (Wildman–Crippen MR) is 56.0 cm³/mol. The van der Waals surface area contributed by atoms with Crippen LogP contribution in [0, 0.1) is 0 Å². The summed E-state index contributed by atoms with van der Waals surface area (Å²) in [7, 11) is -1.53. The average molecular weight is 198 g/mol.